The van der Waals surface area contributed by atoms with Crippen LogP contribution in [0.15, 0.2) is 11.6 Å². The molecule has 0 aromatic carbocycles. The van der Waals surface area contributed by atoms with Crippen LogP contribution in [0.25, 0.3) is 0 Å². The van der Waals surface area contributed by atoms with Gasteiger partial charge in [0, 0.05) is 6.42 Å². The number of rotatable bonds is 1. The molecule has 1 saturated heterocycles. The third kappa shape index (κ3) is 1.77. The van der Waals surface area contributed by atoms with E-state index >= 15 is 0 Å². The number of ether oxygens (including phenoxy) is 1. The van der Waals surface area contributed by atoms with E-state index in [0.717, 1.165) is 13.0 Å². The van der Waals surface area contributed by atoms with Gasteiger partial charge in [0.05, 0.1) is 12.2 Å². The molecular formula is C15H22O2. The molecule has 0 aromatic rings. The molecule has 0 radical (unpaired) electrons. The quantitative estimate of drug-likeness (QED) is 0.652. The smallest absolute Gasteiger partial charge is 0.156 e. The van der Waals surface area contributed by atoms with Crippen LogP contribution < -0.4 is 0 Å². The van der Waals surface area contributed by atoms with Crippen molar-refractivity contribution in [3.63, 3.8) is 0 Å². The first-order valence-electron chi connectivity index (χ1n) is 6.78. The average Bonchev–Trinajstić information content (AvgIpc) is 2.95. The van der Waals surface area contributed by atoms with E-state index < -0.39 is 0 Å². The van der Waals surface area contributed by atoms with Gasteiger partial charge < -0.3 is 4.74 Å². The summed E-state index contributed by atoms with van der Waals surface area (Å²) in [6.07, 6.45) is 6.25. The lowest BCUT2D eigenvalue weighted by Gasteiger charge is -2.47. The van der Waals surface area contributed by atoms with Gasteiger partial charge in [-0.1, -0.05) is 12.5 Å². The molecule has 4 atom stereocenters. The van der Waals surface area contributed by atoms with Crippen LogP contribution >= 0.6 is 0 Å². The molecule has 17 heavy (non-hydrogen) atoms. The molecule has 94 valence electrons. The third-order valence-electron chi connectivity index (χ3n) is 5.41. The van der Waals surface area contributed by atoms with Crippen molar-refractivity contribution in [1.82, 2.24) is 0 Å². The Morgan fingerprint density at radius 2 is 2.12 bits per heavy atom. The fourth-order valence-electron chi connectivity index (χ4n) is 4.02. The van der Waals surface area contributed by atoms with E-state index in [1.165, 1.54) is 24.8 Å². The van der Waals surface area contributed by atoms with Gasteiger partial charge >= 0.3 is 0 Å². The maximum absolute atomic E-state index is 11.7. The topological polar surface area (TPSA) is 29.6 Å². The summed E-state index contributed by atoms with van der Waals surface area (Å²) in [6.45, 7) is 7.62. The molecule has 1 heterocycles. The average molecular weight is 234 g/mol. The zero-order valence-electron chi connectivity index (χ0n) is 11.1. The van der Waals surface area contributed by atoms with E-state index in [-0.39, 0.29) is 11.0 Å². The zero-order valence-corrected chi connectivity index (χ0v) is 11.1. The van der Waals surface area contributed by atoms with Crippen LogP contribution in [0.3, 0.4) is 0 Å². The Hall–Kier alpha value is -0.630. The summed E-state index contributed by atoms with van der Waals surface area (Å²) in [7, 11) is 0. The molecule has 1 aliphatic heterocycles. The lowest BCUT2D eigenvalue weighted by molar-refractivity contribution is -0.119. The fourth-order valence-corrected chi connectivity index (χ4v) is 4.02. The van der Waals surface area contributed by atoms with Gasteiger partial charge in [-0.05, 0) is 56.4 Å². The minimum Gasteiger partial charge on any atom is -0.370 e. The van der Waals surface area contributed by atoms with Gasteiger partial charge in [0.1, 0.15) is 0 Å². The highest BCUT2D eigenvalue weighted by Crippen LogP contribution is 2.55. The third-order valence-corrected chi connectivity index (χ3v) is 5.41. The molecule has 3 rings (SSSR count). The molecule has 0 N–H and O–H groups in total. The van der Waals surface area contributed by atoms with Gasteiger partial charge in [-0.15, -0.1) is 0 Å². The van der Waals surface area contributed by atoms with E-state index in [4.69, 9.17) is 4.74 Å². The van der Waals surface area contributed by atoms with E-state index in [1.807, 2.05) is 6.08 Å². The Bertz CT molecular complexity index is 392. The predicted octanol–water partition coefficient (Wildman–Crippen LogP) is 3.12. The Kier molecular flexibility index (Phi) is 2.32. The Labute approximate surface area is 103 Å². The summed E-state index contributed by atoms with van der Waals surface area (Å²) in [5.41, 5.74) is 1.68. The molecule has 1 saturated carbocycles. The molecule has 2 aliphatic carbocycles. The molecule has 2 nitrogen and oxygen atoms in total. The molecule has 2 heteroatoms. The summed E-state index contributed by atoms with van der Waals surface area (Å²) in [5, 5.41) is 0. The fraction of sp³-hybridized carbons (Fsp3) is 0.800. The number of carbonyl (C=O) groups excluding carboxylic acids is 1. The van der Waals surface area contributed by atoms with E-state index in [1.54, 1.807) is 0 Å². The number of allylic oxidation sites excluding steroid dienone is 2. The number of hydrogen-bond donors (Lipinski definition) is 0. The van der Waals surface area contributed by atoms with Gasteiger partial charge in [-0.3, -0.25) is 4.79 Å². The SMILES string of the molecule is CC1=CC(=O)CC2(C)CCC(C3(C)CO3)CC12. The predicted molar refractivity (Wildman–Crippen MR) is 66.7 cm³/mol. The Morgan fingerprint density at radius 1 is 1.41 bits per heavy atom. The van der Waals surface area contributed by atoms with Gasteiger partial charge in [0.15, 0.2) is 5.78 Å². The number of hydrogen-bond acceptors (Lipinski definition) is 2. The zero-order chi connectivity index (χ0) is 12.3. The molecule has 3 aliphatic rings. The second kappa shape index (κ2) is 3.44. The maximum atomic E-state index is 11.7. The van der Waals surface area contributed by atoms with E-state index in [0.29, 0.717) is 17.6 Å². The van der Waals surface area contributed by atoms with Crippen LogP contribution in [0, 0.1) is 17.3 Å². The van der Waals surface area contributed by atoms with Gasteiger partial charge in [0.25, 0.3) is 0 Å². The number of epoxide rings is 1. The van der Waals surface area contributed by atoms with Gasteiger partial charge in [-0.25, -0.2) is 0 Å². The molecular weight excluding hydrogens is 212 g/mol. The van der Waals surface area contributed by atoms with Crippen LogP contribution in [-0.4, -0.2) is 18.0 Å². The standard InChI is InChI=1S/C15H22O2/c1-10-6-12(16)8-14(2)5-4-11(7-13(10)14)15(3)9-17-15/h6,11,13H,4-5,7-9H2,1-3H3. The van der Waals surface area contributed by atoms with Gasteiger partial charge in [0.2, 0.25) is 0 Å². The molecule has 0 bridgehead atoms. The van der Waals surface area contributed by atoms with Crippen molar-refractivity contribution < 1.29 is 9.53 Å². The van der Waals surface area contributed by atoms with Crippen molar-refractivity contribution in [2.45, 2.75) is 52.1 Å². The normalized spacial score (nSPS) is 49.6. The molecule has 0 amide bonds. The second-order valence-corrected chi connectivity index (χ2v) is 6.81. The highest BCUT2D eigenvalue weighted by atomic mass is 16.6. The number of fused-ring (bicyclic) bond motifs is 1. The van der Waals surface area contributed by atoms with Crippen LogP contribution in [0.4, 0.5) is 0 Å². The molecule has 4 unspecified atom stereocenters. The summed E-state index contributed by atoms with van der Waals surface area (Å²) < 4.78 is 5.62. The highest BCUT2D eigenvalue weighted by molar-refractivity contribution is 5.92. The first-order chi connectivity index (χ1) is 7.93. The lowest BCUT2D eigenvalue weighted by Crippen LogP contribution is -2.42. The molecule has 2 fully saturated rings. The Balaban J connectivity index is 1.85. The van der Waals surface area contributed by atoms with Crippen LogP contribution in [0.2, 0.25) is 0 Å². The second-order valence-electron chi connectivity index (χ2n) is 6.81. The summed E-state index contributed by atoms with van der Waals surface area (Å²) in [5.74, 6) is 1.62. The number of ketones is 1. The van der Waals surface area contributed by atoms with Crippen LogP contribution in [-0.2, 0) is 9.53 Å². The highest BCUT2D eigenvalue weighted by Gasteiger charge is 2.53. The van der Waals surface area contributed by atoms with Crippen molar-refractivity contribution in [3.05, 3.63) is 11.6 Å². The van der Waals surface area contributed by atoms with E-state index in [2.05, 4.69) is 20.8 Å². The maximum Gasteiger partial charge on any atom is 0.156 e. The first kappa shape index (κ1) is 11.5. The van der Waals surface area contributed by atoms with Gasteiger partial charge in [-0.2, -0.15) is 0 Å². The Morgan fingerprint density at radius 3 is 2.76 bits per heavy atom. The van der Waals surface area contributed by atoms with Crippen molar-refractivity contribution >= 4 is 5.78 Å². The van der Waals surface area contributed by atoms with Crippen molar-refractivity contribution in [3.8, 4) is 0 Å². The minimum absolute atomic E-state index is 0.156. The van der Waals surface area contributed by atoms with E-state index in [9.17, 15) is 4.79 Å². The van der Waals surface area contributed by atoms with Crippen molar-refractivity contribution in [1.29, 1.82) is 0 Å². The summed E-state index contributed by atoms with van der Waals surface area (Å²) in [4.78, 5) is 11.7. The molecule has 0 aromatic heterocycles. The lowest BCUT2D eigenvalue weighted by atomic mass is 9.56. The summed E-state index contributed by atoms with van der Waals surface area (Å²) >= 11 is 0. The van der Waals surface area contributed by atoms with Crippen LogP contribution in [0.1, 0.15) is 46.5 Å². The monoisotopic (exact) mass is 234 g/mol. The van der Waals surface area contributed by atoms with Crippen LogP contribution in [0.5, 0.6) is 0 Å². The minimum atomic E-state index is 0.156. The molecule has 0 spiro atoms. The summed E-state index contributed by atoms with van der Waals surface area (Å²) in [6, 6.07) is 0. The van der Waals surface area contributed by atoms with Crippen molar-refractivity contribution in [2.75, 3.05) is 6.61 Å². The first-order valence-corrected chi connectivity index (χ1v) is 6.78. The number of carbonyl (C=O) groups is 1. The van der Waals surface area contributed by atoms with Crippen molar-refractivity contribution in [2.24, 2.45) is 17.3 Å². The largest absolute Gasteiger partial charge is 0.370 e.